The van der Waals surface area contributed by atoms with Crippen LogP contribution in [0.25, 0.3) is 0 Å². The van der Waals surface area contributed by atoms with Gasteiger partial charge < -0.3 is 15.5 Å². The number of rotatable bonds is 4. The van der Waals surface area contributed by atoms with Gasteiger partial charge in [-0.3, -0.25) is 9.59 Å². The third kappa shape index (κ3) is 3.74. The Morgan fingerprint density at radius 1 is 1.07 bits per heavy atom. The predicted octanol–water partition coefficient (Wildman–Crippen LogP) is 2.38. The molecule has 2 amide bonds. The SMILES string of the molecule is N[C@@H]1CN(C(=O)c2cccc(CN3CCCC3=O)c2)C[C@H]1c1ccccc1. The molecule has 0 spiro atoms. The van der Waals surface area contributed by atoms with Gasteiger partial charge >= 0.3 is 0 Å². The highest BCUT2D eigenvalue weighted by Gasteiger charge is 2.34. The second kappa shape index (κ2) is 7.53. The molecule has 0 unspecified atom stereocenters. The van der Waals surface area contributed by atoms with Crippen LogP contribution in [0.15, 0.2) is 54.6 Å². The maximum atomic E-state index is 13.0. The lowest BCUT2D eigenvalue weighted by atomic mass is 9.95. The Morgan fingerprint density at radius 2 is 1.89 bits per heavy atom. The summed E-state index contributed by atoms with van der Waals surface area (Å²) in [5.74, 6) is 0.377. The minimum Gasteiger partial charge on any atom is -0.338 e. The number of nitrogens with two attached hydrogens (primary N) is 1. The smallest absolute Gasteiger partial charge is 0.253 e. The maximum absolute atomic E-state index is 13.0. The highest BCUT2D eigenvalue weighted by molar-refractivity contribution is 5.94. The average molecular weight is 363 g/mol. The second-order valence-electron chi connectivity index (χ2n) is 7.51. The molecule has 0 saturated carbocycles. The van der Waals surface area contributed by atoms with Crippen molar-refractivity contribution in [2.24, 2.45) is 5.73 Å². The van der Waals surface area contributed by atoms with Crippen LogP contribution >= 0.6 is 0 Å². The fraction of sp³-hybridized carbons (Fsp3) is 0.364. The highest BCUT2D eigenvalue weighted by atomic mass is 16.2. The molecular weight excluding hydrogens is 338 g/mol. The van der Waals surface area contributed by atoms with E-state index in [9.17, 15) is 9.59 Å². The molecule has 2 atom stereocenters. The third-order valence-corrected chi connectivity index (χ3v) is 5.60. The highest BCUT2D eigenvalue weighted by Crippen LogP contribution is 2.27. The van der Waals surface area contributed by atoms with Crippen LogP contribution in [0.5, 0.6) is 0 Å². The van der Waals surface area contributed by atoms with Crippen molar-refractivity contribution in [3.05, 3.63) is 71.3 Å². The standard InChI is InChI=1S/C22H25N3O2/c23-20-15-25(14-19(20)17-7-2-1-3-8-17)22(27)18-9-4-6-16(12-18)13-24-11-5-10-21(24)26/h1-4,6-9,12,19-20H,5,10-11,13-15,23H2/t19-,20+/m0/s1. The van der Waals surface area contributed by atoms with Crippen LogP contribution in [0.3, 0.4) is 0 Å². The summed E-state index contributed by atoms with van der Waals surface area (Å²) < 4.78 is 0. The molecule has 2 aliphatic rings. The lowest BCUT2D eigenvalue weighted by molar-refractivity contribution is -0.128. The van der Waals surface area contributed by atoms with Crippen molar-refractivity contribution in [2.45, 2.75) is 31.3 Å². The molecule has 2 aliphatic heterocycles. The molecule has 2 aromatic carbocycles. The van der Waals surface area contributed by atoms with Gasteiger partial charge in [-0.2, -0.15) is 0 Å². The molecule has 140 valence electrons. The van der Waals surface area contributed by atoms with Gasteiger partial charge in [0.2, 0.25) is 5.91 Å². The van der Waals surface area contributed by atoms with Crippen LogP contribution in [-0.4, -0.2) is 47.3 Å². The Labute approximate surface area is 159 Å². The largest absolute Gasteiger partial charge is 0.338 e. The monoisotopic (exact) mass is 363 g/mol. The molecule has 5 nitrogen and oxygen atoms in total. The Balaban J connectivity index is 1.47. The van der Waals surface area contributed by atoms with Gasteiger partial charge in [0.15, 0.2) is 0 Å². The zero-order valence-electron chi connectivity index (χ0n) is 15.4. The van der Waals surface area contributed by atoms with E-state index in [4.69, 9.17) is 5.73 Å². The van der Waals surface area contributed by atoms with Gasteiger partial charge in [-0.15, -0.1) is 0 Å². The first-order valence-electron chi connectivity index (χ1n) is 9.58. The number of carbonyl (C=O) groups excluding carboxylic acids is 2. The van der Waals surface area contributed by atoms with Crippen molar-refractivity contribution in [3.63, 3.8) is 0 Å². The quantitative estimate of drug-likeness (QED) is 0.907. The lowest BCUT2D eigenvalue weighted by Crippen LogP contribution is -2.32. The summed E-state index contributed by atoms with van der Waals surface area (Å²) in [5.41, 5.74) is 9.18. The van der Waals surface area contributed by atoms with E-state index in [0.717, 1.165) is 18.5 Å². The number of nitrogens with zero attached hydrogens (tertiary/aromatic N) is 2. The molecular formula is C22H25N3O2. The molecule has 27 heavy (non-hydrogen) atoms. The van der Waals surface area contributed by atoms with Crippen LogP contribution in [0.2, 0.25) is 0 Å². The van der Waals surface area contributed by atoms with E-state index < -0.39 is 0 Å². The number of benzene rings is 2. The van der Waals surface area contributed by atoms with Gasteiger partial charge in [-0.1, -0.05) is 42.5 Å². The van der Waals surface area contributed by atoms with Gasteiger partial charge in [0.1, 0.15) is 0 Å². The number of carbonyl (C=O) groups is 2. The summed E-state index contributed by atoms with van der Waals surface area (Å²) in [5, 5.41) is 0. The van der Waals surface area contributed by atoms with Crippen molar-refractivity contribution >= 4 is 11.8 Å². The molecule has 0 bridgehead atoms. The summed E-state index contributed by atoms with van der Waals surface area (Å²) in [7, 11) is 0. The fourth-order valence-corrected chi connectivity index (χ4v) is 4.12. The molecule has 0 radical (unpaired) electrons. The first kappa shape index (κ1) is 17.7. The van der Waals surface area contributed by atoms with Crippen LogP contribution < -0.4 is 5.73 Å². The Kier molecular flexibility index (Phi) is 4.94. The summed E-state index contributed by atoms with van der Waals surface area (Å²) in [4.78, 5) is 28.6. The minimum atomic E-state index is -0.0539. The zero-order chi connectivity index (χ0) is 18.8. The van der Waals surface area contributed by atoms with Crippen LogP contribution in [0.1, 0.15) is 40.2 Å². The number of likely N-dealkylation sites (tertiary alicyclic amines) is 2. The summed E-state index contributed by atoms with van der Waals surface area (Å²) in [6.07, 6.45) is 1.55. The zero-order valence-corrected chi connectivity index (χ0v) is 15.4. The first-order valence-corrected chi connectivity index (χ1v) is 9.58. The second-order valence-corrected chi connectivity index (χ2v) is 7.51. The van der Waals surface area contributed by atoms with E-state index in [1.807, 2.05) is 52.3 Å². The Hall–Kier alpha value is -2.66. The van der Waals surface area contributed by atoms with Gasteiger partial charge in [-0.05, 0) is 29.7 Å². The summed E-state index contributed by atoms with van der Waals surface area (Å²) >= 11 is 0. The minimum absolute atomic E-state index is 0.0125. The molecule has 2 fully saturated rings. The number of hydrogen-bond donors (Lipinski definition) is 1. The van der Waals surface area contributed by atoms with Crippen LogP contribution in [-0.2, 0) is 11.3 Å². The van der Waals surface area contributed by atoms with E-state index in [0.29, 0.717) is 31.6 Å². The molecule has 2 saturated heterocycles. The average Bonchev–Trinajstić information content (AvgIpc) is 3.28. The van der Waals surface area contributed by atoms with Crippen molar-refractivity contribution in [3.8, 4) is 0 Å². The topological polar surface area (TPSA) is 66.6 Å². The third-order valence-electron chi connectivity index (χ3n) is 5.60. The maximum Gasteiger partial charge on any atom is 0.253 e. The lowest BCUT2D eigenvalue weighted by Gasteiger charge is -2.19. The van der Waals surface area contributed by atoms with Gasteiger partial charge in [0.25, 0.3) is 5.91 Å². The van der Waals surface area contributed by atoms with Crippen LogP contribution in [0, 0.1) is 0 Å². The van der Waals surface area contributed by atoms with E-state index in [2.05, 4.69) is 12.1 Å². The molecule has 2 aromatic rings. The van der Waals surface area contributed by atoms with E-state index in [-0.39, 0.29) is 23.8 Å². The normalized spacial score (nSPS) is 22.5. The van der Waals surface area contributed by atoms with Gasteiger partial charge in [0.05, 0.1) is 0 Å². The Bertz CT molecular complexity index is 836. The van der Waals surface area contributed by atoms with E-state index in [1.54, 1.807) is 0 Å². The number of hydrogen-bond acceptors (Lipinski definition) is 3. The molecule has 0 aromatic heterocycles. The van der Waals surface area contributed by atoms with E-state index >= 15 is 0 Å². The predicted molar refractivity (Wildman–Crippen MR) is 104 cm³/mol. The van der Waals surface area contributed by atoms with Crippen molar-refractivity contribution in [2.75, 3.05) is 19.6 Å². The molecule has 2 heterocycles. The Morgan fingerprint density at radius 3 is 2.63 bits per heavy atom. The summed E-state index contributed by atoms with van der Waals surface area (Å²) in [6.45, 7) is 2.58. The van der Waals surface area contributed by atoms with Crippen molar-refractivity contribution in [1.29, 1.82) is 0 Å². The molecule has 5 heteroatoms. The van der Waals surface area contributed by atoms with E-state index in [1.165, 1.54) is 5.56 Å². The molecule has 0 aliphatic carbocycles. The van der Waals surface area contributed by atoms with Gasteiger partial charge in [-0.25, -0.2) is 0 Å². The number of amides is 2. The molecule has 4 rings (SSSR count). The van der Waals surface area contributed by atoms with Gasteiger partial charge in [0, 0.05) is 50.1 Å². The van der Waals surface area contributed by atoms with Crippen molar-refractivity contribution in [1.82, 2.24) is 9.80 Å². The fourth-order valence-electron chi connectivity index (χ4n) is 4.12. The molecule has 2 N–H and O–H groups in total. The first-order chi connectivity index (χ1) is 13.1. The van der Waals surface area contributed by atoms with Crippen molar-refractivity contribution < 1.29 is 9.59 Å². The summed E-state index contributed by atoms with van der Waals surface area (Å²) in [6, 6.07) is 17.7. The van der Waals surface area contributed by atoms with Crippen LogP contribution in [0.4, 0.5) is 0 Å².